The summed E-state index contributed by atoms with van der Waals surface area (Å²) >= 11 is 0. The van der Waals surface area contributed by atoms with Crippen LogP contribution < -0.4 is 4.52 Å². The number of halogens is 1. The molecule has 0 bridgehead atoms. The van der Waals surface area contributed by atoms with E-state index in [1.54, 1.807) is 37.3 Å². The molecule has 1 aromatic carbocycles. The Hall–Kier alpha value is -1.65. The molecule has 3 unspecified atom stereocenters. The van der Waals surface area contributed by atoms with Crippen molar-refractivity contribution >= 4 is 13.3 Å². The van der Waals surface area contributed by atoms with Gasteiger partial charge in [-0.3, -0.25) is 9.36 Å². The predicted octanol–water partition coefficient (Wildman–Crippen LogP) is 3.78. The lowest BCUT2D eigenvalue weighted by Gasteiger charge is -2.24. The third-order valence-corrected chi connectivity index (χ3v) is 6.11. The number of hydrogen-bond acceptors (Lipinski definition) is 5. The van der Waals surface area contributed by atoms with Gasteiger partial charge >= 0.3 is 5.97 Å². The first kappa shape index (κ1) is 20.4. The summed E-state index contributed by atoms with van der Waals surface area (Å²) in [4.78, 5) is 11.6. The summed E-state index contributed by atoms with van der Waals surface area (Å²) in [6.07, 6.45) is 1.06. The van der Waals surface area contributed by atoms with Crippen LogP contribution in [0.3, 0.4) is 0 Å². The second-order valence-corrected chi connectivity index (χ2v) is 8.18. The molecule has 0 radical (unpaired) electrons. The van der Waals surface area contributed by atoms with Crippen molar-refractivity contribution in [3.8, 4) is 5.75 Å². The van der Waals surface area contributed by atoms with Gasteiger partial charge in [0.25, 0.3) is 7.37 Å². The van der Waals surface area contributed by atoms with E-state index in [1.165, 1.54) is 20.1 Å². The van der Waals surface area contributed by atoms with Crippen molar-refractivity contribution in [2.75, 3.05) is 19.9 Å². The van der Waals surface area contributed by atoms with Gasteiger partial charge in [-0.2, -0.15) is 0 Å². The highest BCUT2D eigenvalue weighted by atomic mass is 31.2. The molecule has 0 amide bonds. The lowest BCUT2D eigenvalue weighted by Crippen LogP contribution is -2.21. The Morgan fingerprint density at radius 2 is 2.00 bits per heavy atom. The van der Waals surface area contributed by atoms with E-state index in [2.05, 4.69) is 4.74 Å². The number of carbonyl (C=O) groups is 1. The number of rotatable bonds is 9. The van der Waals surface area contributed by atoms with E-state index in [9.17, 15) is 13.8 Å². The van der Waals surface area contributed by atoms with Gasteiger partial charge < -0.3 is 14.4 Å². The molecular weight excluding hydrogens is 334 g/mol. The molecule has 5 nitrogen and oxygen atoms in total. The minimum absolute atomic E-state index is 0.162. The number of allylic oxidation sites excluding steroid dienone is 1. The summed E-state index contributed by atoms with van der Waals surface area (Å²) in [6.45, 7) is 2.97. The van der Waals surface area contributed by atoms with Gasteiger partial charge in [-0.05, 0) is 19.1 Å². The zero-order valence-corrected chi connectivity index (χ0v) is 15.0. The number of hydrogen-bond donors (Lipinski definition) is 1. The fraction of sp³-hybridized carbons (Fsp3) is 0.471. The third kappa shape index (κ3) is 6.10. The van der Waals surface area contributed by atoms with Gasteiger partial charge in [-0.25, -0.2) is 4.39 Å². The van der Waals surface area contributed by atoms with Gasteiger partial charge in [-0.15, -0.1) is 0 Å². The molecule has 134 valence electrons. The standard InChI is InChI=1S/C17H24FO5P/c1-13(11-19)9-10-16(18)24(21,12-14(2)17(20)22-3)23-15-7-5-4-6-8-15/h4-9,14,16,19H,10-12H2,1-3H3/b13-9+. The molecule has 0 spiro atoms. The van der Waals surface area contributed by atoms with E-state index in [-0.39, 0.29) is 24.9 Å². The first-order chi connectivity index (χ1) is 11.3. The normalized spacial score (nSPS) is 16.8. The topological polar surface area (TPSA) is 72.8 Å². The smallest absolute Gasteiger partial charge is 0.308 e. The van der Waals surface area contributed by atoms with Crippen molar-refractivity contribution in [2.24, 2.45) is 5.92 Å². The van der Waals surface area contributed by atoms with E-state index >= 15 is 0 Å². The highest BCUT2D eigenvalue weighted by molar-refractivity contribution is 7.60. The monoisotopic (exact) mass is 358 g/mol. The Kier molecular flexibility index (Phi) is 8.16. The van der Waals surface area contributed by atoms with Crippen LogP contribution >= 0.6 is 7.37 Å². The Labute approximate surface area is 141 Å². The van der Waals surface area contributed by atoms with E-state index in [0.717, 1.165) is 0 Å². The maximum absolute atomic E-state index is 14.7. The van der Waals surface area contributed by atoms with Gasteiger partial charge in [0.15, 0.2) is 5.91 Å². The quantitative estimate of drug-likeness (QED) is 0.413. The first-order valence-corrected chi connectivity index (χ1v) is 9.52. The van der Waals surface area contributed by atoms with Crippen LogP contribution in [0.25, 0.3) is 0 Å². The maximum atomic E-state index is 14.7. The van der Waals surface area contributed by atoms with E-state index in [1.807, 2.05) is 0 Å². The molecule has 1 N–H and O–H groups in total. The number of benzene rings is 1. The molecule has 1 aromatic rings. The van der Waals surface area contributed by atoms with Crippen LogP contribution in [0.4, 0.5) is 4.39 Å². The van der Waals surface area contributed by atoms with Crippen LogP contribution in [0, 0.1) is 5.92 Å². The van der Waals surface area contributed by atoms with Crippen molar-refractivity contribution < 1.29 is 28.1 Å². The molecule has 0 saturated carbocycles. The number of alkyl halides is 1. The summed E-state index contributed by atoms with van der Waals surface area (Å²) in [7, 11) is -2.59. The maximum Gasteiger partial charge on any atom is 0.308 e. The second-order valence-electron chi connectivity index (χ2n) is 5.62. The molecule has 1 rings (SSSR count). The number of methoxy groups -OCH3 is 1. The molecular formula is C17H24FO5P. The zero-order valence-electron chi connectivity index (χ0n) is 14.1. The summed E-state index contributed by atoms with van der Waals surface area (Å²) in [5.41, 5.74) is 0.574. The van der Waals surface area contributed by atoms with Crippen molar-refractivity contribution in [1.29, 1.82) is 0 Å². The number of esters is 1. The van der Waals surface area contributed by atoms with Crippen LogP contribution in [-0.4, -0.2) is 36.9 Å². The summed E-state index contributed by atoms with van der Waals surface area (Å²) in [5.74, 6) is -2.83. The fourth-order valence-corrected chi connectivity index (χ4v) is 4.28. The van der Waals surface area contributed by atoms with Crippen molar-refractivity contribution in [3.05, 3.63) is 42.0 Å². The molecule has 0 aliphatic heterocycles. The molecule has 0 saturated heterocycles. The molecule has 3 atom stereocenters. The lowest BCUT2D eigenvalue weighted by molar-refractivity contribution is -0.144. The van der Waals surface area contributed by atoms with Crippen LogP contribution in [0.1, 0.15) is 20.3 Å². The number of aliphatic hydroxyl groups excluding tert-OH is 1. The largest absolute Gasteiger partial charge is 0.469 e. The van der Waals surface area contributed by atoms with Gasteiger partial charge in [0.1, 0.15) is 5.75 Å². The zero-order chi connectivity index (χ0) is 18.2. The van der Waals surface area contributed by atoms with Crippen molar-refractivity contribution in [1.82, 2.24) is 0 Å². The lowest BCUT2D eigenvalue weighted by atomic mass is 10.2. The minimum atomic E-state index is -3.82. The third-order valence-electron chi connectivity index (χ3n) is 3.47. The minimum Gasteiger partial charge on any atom is -0.469 e. The van der Waals surface area contributed by atoms with Crippen molar-refractivity contribution in [2.45, 2.75) is 26.2 Å². The number of aliphatic hydroxyl groups is 1. The van der Waals surface area contributed by atoms with Gasteiger partial charge in [0, 0.05) is 6.42 Å². The average molecular weight is 358 g/mol. The number of ether oxygens (including phenoxy) is 1. The molecule has 24 heavy (non-hydrogen) atoms. The Balaban J connectivity index is 3.01. The molecule has 0 aliphatic rings. The molecule has 0 aromatic heterocycles. The van der Waals surface area contributed by atoms with Crippen molar-refractivity contribution in [3.63, 3.8) is 0 Å². The van der Waals surface area contributed by atoms with Crippen LogP contribution in [0.2, 0.25) is 0 Å². The summed E-state index contributed by atoms with van der Waals surface area (Å²) in [6, 6.07) is 8.29. The van der Waals surface area contributed by atoms with Gasteiger partial charge in [0.2, 0.25) is 0 Å². The summed E-state index contributed by atoms with van der Waals surface area (Å²) < 4.78 is 37.9. The highest BCUT2D eigenvalue weighted by Gasteiger charge is 2.39. The average Bonchev–Trinajstić information content (AvgIpc) is 2.58. The SMILES string of the molecule is COC(=O)C(C)CP(=O)(Oc1ccccc1)C(F)C/C=C(\C)CO. The molecule has 0 heterocycles. The first-order valence-electron chi connectivity index (χ1n) is 7.64. The fourth-order valence-electron chi connectivity index (χ4n) is 2.05. The number of carbonyl (C=O) groups excluding carboxylic acids is 1. The predicted molar refractivity (Wildman–Crippen MR) is 91.1 cm³/mol. The second kappa shape index (κ2) is 9.60. The Bertz CT molecular complexity index is 602. The Morgan fingerprint density at radius 3 is 2.54 bits per heavy atom. The Morgan fingerprint density at radius 1 is 1.38 bits per heavy atom. The van der Waals surface area contributed by atoms with E-state index in [0.29, 0.717) is 5.57 Å². The van der Waals surface area contributed by atoms with Gasteiger partial charge in [-0.1, -0.05) is 36.8 Å². The van der Waals surface area contributed by atoms with Crippen LogP contribution in [0.5, 0.6) is 5.75 Å². The van der Waals surface area contributed by atoms with Crippen LogP contribution in [-0.2, 0) is 14.1 Å². The molecule has 7 heteroatoms. The molecule has 0 fully saturated rings. The summed E-state index contributed by atoms with van der Waals surface area (Å²) in [5, 5.41) is 8.98. The highest BCUT2D eigenvalue weighted by Crippen LogP contribution is 2.55. The van der Waals surface area contributed by atoms with E-state index in [4.69, 9.17) is 9.63 Å². The van der Waals surface area contributed by atoms with Gasteiger partial charge in [0.05, 0.1) is 25.8 Å². The van der Waals surface area contributed by atoms with Crippen LogP contribution in [0.15, 0.2) is 42.0 Å². The molecule has 0 aliphatic carbocycles. The number of para-hydroxylation sites is 1. The van der Waals surface area contributed by atoms with E-state index < -0.39 is 25.2 Å².